The molecular formula is C35H38N4O4S2. The fourth-order valence-corrected chi connectivity index (χ4v) is 8.37. The van der Waals surface area contributed by atoms with E-state index in [4.69, 9.17) is 14.2 Å². The normalized spacial score (nSPS) is 17.3. The summed E-state index contributed by atoms with van der Waals surface area (Å²) in [7, 11) is 0. The van der Waals surface area contributed by atoms with Crippen molar-refractivity contribution < 1.29 is 14.2 Å². The summed E-state index contributed by atoms with van der Waals surface area (Å²) < 4.78 is 17.2. The van der Waals surface area contributed by atoms with Gasteiger partial charge in [-0.3, -0.25) is 9.69 Å². The van der Waals surface area contributed by atoms with E-state index in [2.05, 4.69) is 62.6 Å². The number of anilines is 2. The van der Waals surface area contributed by atoms with Gasteiger partial charge >= 0.3 is 0 Å². The molecule has 0 bridgehead atoms. The number of para-hydroxylation sites is 1. The van der Waals surface area contributed by atoms with Gasteiger partial charge in [-0.15, -0.1) is 0 Å². The molecular weight excluding hydrogens is 605 g/mol. The first-order chi connectivity index (χ1) is 22.2. The number of aromatic nitrogens is 1. The number of nitrogens with one attached hydrogen (secondary N) is 2. The SMILES string of the molecule is O=c1cc(N2CCOCC2)cc(-c2cccc3c2Sc2ccc(N[C@H](CCOc4ccccc4)CN4CCOCC4)cc2S3)[nH]1. The number of pyridine rings is 1. The Bertz CT molecular complexity index is 1660. The van der Waals surface area contributed by atoms with Crippen molar-refractivity contribution >= 4 is 34.9 Å². The van der Waals surface area contributed by atoms with Crippen LogP contribution in [0.25, 0.3) is 11.3 Å². The molecule has 4 aromatic rings. The third-order valence-electron chi connectivity index (χ3n) is 8.28. The Balaban J connectivity index is 1.08. The molecule has 0 aliphatic carbocycles. The van der Waals surface area contributed by atoms with E-state index in [0.717, 1.165) is 80.7 Å². The smallest absolute Gasteiger partial charge is 0.250 e. The summed E-state index contributed by atoms with van der Waals surface area (Å²) in [4.78, 5) is 25.4. The van der Waals surface area contributed by atoms with Crippen LogP contribution in [0.3, 0.4) is 0 Å². The number of nitrogens with zero attached hydrogens (tertiary/aromatic N) is 2. The van der Waals surface area contributed by atoms with Crippen molar-refractivity contribution in [1.29, 1.82) is 0 Å². The standard InChI is InChI=1S/C35H38N4O4S2/c40-34-23-27(39-14-19-42-20-15-39)22-30(37-34)29-7-4-8-32-35(29)45-31-10-9-25(21-33(31)44-32)36-26(24-38-12-17-41-18-13-38)11-16-43-28-5-2-1-3-6-28/h1-10,21-23,26,36H,11-20,24H2,(H,37,40)/t26-/m1/s1. The van der Waals surface area contributed by atoms with Gasteiger partial charge in [0.1, 0.15) is 5.75 Å². The third-order valence-corrected chi connectivity index (χ3v) is 10.9. The number of ether oxygens (including phenoxy) is 3. The van der Waals surface area contributed by atoms with Gasteiger partial charge in [-0.25, -0.2) is 0 Å². The van der Waals surface area contributed by atoms with Crippen LogP contribution in [0.2, 0.25) is 0 Å². The average Bonchev–Trinajstić information content (AvgIpc) is 3.08. The first kappa shape index (κ1) is 30.3. The van der Waals surface area contributed by atoms with Crippen molar-refractivity contribution in [3.05, 3.63) is 89.2 Å². The van der Waals surface area contributed by atoms with Gasteiger partial charge in [0.25, 0.3) is 0 Å². The van der Waals surface area contributed by atoms with Gasteiger partial charge in [-0.1, -0.05) is 53.9 Å². The minimum atomic E-state index is -0.0861. The molecule has 0 unspecified atom stereocenters. The Morgan fingerprint density at radius 3 is 2.44 bits per heavy atom. The van der Waals surface area contributed by atoms with Crippen LogP contribution in [0, 0.1) is 0 Å². The predicted octanol–water partition coefficient (Wildman–Crippen LogP) is 6.08. The molecule has 45 heavy (non-hydrogen) atoms. The maximum atomic E-state index is 12.7. The van der Waals surface area contributed by atoms with Crippen LogP contribution in [0.4, 0.5) is 11.4 Å². The maximum Gasteiger partial charge on any atom is 0.250 e. The topological polar surface area (TPSA) is 79.1 Å². The van der Waals surface area contributed by atoms with E-state index in [-0.39, 0.29) is 11.6 Å². The summed E-state index contributed by atoms with van der Waals surface area (Å²) in [6, 6.07) is 27.1. The fraction of sp³-hybridized carbons (Fsp3) is 0.343. The van der Waals surface area contributed by atoms with Gasteiger partial charge in [0.15, 0.2) is 0 Å². The molecule has 0 spiro atoms. The molecule has 234 valence electrons. The van der Waals surface area contributed by atoms with Crippen molar-refractivity contribution in [2.75, 3.05) is 76.0 Å². The van der Waals surface area contributed by atoms with E-state index in [1.165, 1.54) is 19.6 Å². The Morgan fingerprint density at radius 1 is 0.822 bits per heavy atom. The molecule has 0 radical (unpaired) electrons. The number of hydrogen-bond donors (Lipinski definition) is 2. The minimum absolute atomic E-state index is 0.0861. The summed E-state index contributed by atoms with van der Waals surface area (Å²) in [5, 5.41) is 3.83. The van der Waals surface area contributed by atoms with Gasteiger partial charge in [0.2, 0.25) is 5.56 Å². The summed E-state index contributed by atoms with van der Waals surface area (Å²) >= 11 is 3.56. The predicted molar refractivity (Wildman–Crippen MR) is 181 cm³/mol. The quantitative estimate of drug-likeness (QED) is 0.189. The number of H-pyrrole nitrogens is 1. The molecule has 0 amide bonds. The Kier molecular flexibility index (Phi) is 9.65. The highest BCUT2D eigenvalue weighted by molar-refractivity contribution is 8.05. The number of benzene rings is 3. The zero-order chi connectivity index (χ0) is 30.4. The molecule has 8 nitrogen and oxygen atoms in total. The second kappa shape index (κ2) is 14.3. The molecule has 2 saturated heterocycles. The van der Waals surface area contributed by atoms with Crippen LogP contribution >= 0.6 is 23.5 Å². The summed E-state index contributed by atoms with van der Waals surface area (Å²) in [6.07, 6.45) is 0.888. The van der Waals surface area contributed by atoms with Crippen molar-refractivity contribution in [3.63, 3.8) is 0 Å². The number of aromatic amines is 1. The Hall–Kier alpha value is -3.41. The molecule has 1 atom stereocenters. The highest BCUT2D eigenvalue weighted by atomic mass is 32.2. The van der Waals surface area contributed by atoms with Gasteiger partial charge < -0.3 is 29.4 Å². The monoisotopic (exact) mass is 642 g/mol. The number of morpholine rings is 2. The fourth-order valence-electron chi connectivity index (χ4n) is 5.96. The highest BCUT2D eigenvalue weighted by Crippen LogP contribution is 2.52. The average molecular weight is 643 g/mol. The second-order valence-electron chi connectivity index (χ2n) is 11.4. The zero-order valence-electron chi connectivity index (χ0n) is 25.2. The molecule has 3 aliphatic heterocycles. The van der Waals surface area contributed by atoms with E-state index in [9.17, 15) is 4.79 Å². The molecule has 2 fully saturated rings. The first-order valence-electron chi connectivity index (χ1n) is 15.6. The van der Waals surface area contributed by atoms with Gasteiger partial charge in [-0.2, -0.15) is 0 Å². The number of fused-ring (bicyclic) bond motifs is 2. The van der Waals surface area contributed by atoms with E-state index in [0.29, 0.717) is 19.8 Å². The third kappa shape index (κ3) is 7.53. The van der Waals surface area contributed by atoms with E-state index >= 15 is 0 Å². The van der Waals surface area contributed by atoms with Crippen LogP contribution in [-0.2, 0) is 9.47 Å². The van der Waals surface area contributed by atoms with E-state index in [1.807, 2.05) is 30.3 Å². The summed E-state index contributed by atoms with van der Waals surface area (Å²) in [6.45, 7) is 7.99. The number of rotatable bonds is 10. The molecule has 2 N–H and O–H groups in total. The Morgan fingerprint density at radius 2 is 1.62 bits per heavy atom. The van der Waals surface area contributed by atoms with Crippen LogP contribution in [-0.4, -0.2) is 81.7 Å². The van der Waals surface area contributed by atoms with Crippen molar-refractivity contribution in [2.24, 2.45) is 0 Å². The molecule has 3 aromatic carbocycles. The summed E-state index contributed by atoms with van der Waals surface area (Å²) in [5.74, 6) is 0.903. The van der Waals surface area contributed by atoms with Crippen LogP contribution in [0.1, 0.15) is 6.42 Å². The lowest BCUT2D eigenvalue weighted by Crippen LogP contribution is -2.43. The van der Waals surface area contributed by atoms with Crippen LogP contribution in [0.5, 0.6) is 5.75 Å². The molecule has 4 heterocycles. The van der Waals surface area contributed by atoms with Crippen molar-refractivity contribution in [2.45, 2.75) is 32.0 Å². The van der Waals surface area contributed by atoms with Crippen molar-refractivity contribution in [1.82, 2.24) is 9.88 Å². The lowest BCUT2D eigenvalue weighted by atomic mass is 10.1. The van der Waals surface area contributed by atoms with Gasteiger partial charge in [-0.05, 0) is 42.5 Å². The van der Waals surface area contributed by atoms with Crippen molar-refractivity contribution in [3.8, 4) is 17.0 Å². The molecule has 0 saturated carbocycles. The molecule has 3 aliphatic rings. The summed E-state index contributed by atoms with van der Waals surface area (Å²) in [5.41, 5.74) is 3.87. The lowest BCUT2D eigenvalue weighted by molar-refractivity contribution is 0.0353. The van der Waals surface area contributed by atoms with E-state index in [1.54, 1.807) is 29.6 Å². The first-order valence-corrected chi connectivity index (χ1v) is 17.3. The second-order valence-corrected chi connectivity index (χ2v) is 13.6. The zero-order valence-corrected chi connectivity index (χ0v) is 26.8. The molecule has 7 rings (SSSR count). The largest absolute Gasteiger partial charge is 0.494 e. The molecule has 1 aromatic heterocycles. The number of hydrogen-bond acceptors (Lipinski definition) is 9. The minimum Gasteiger partial charge on any atom is -0.494 e. The Labute approximate surface area is 272 Å². The van der Waals surface area contributed by atoms with E-state index < -0.39 is 0 Å². The molecule has 10 heteroatoms. The van der Waals surface area contributed by atoms with Crippen LogP contribution < -0.4 is 20.5 Å². The lowest BCUT2D eigenvalue weighted by Gasteiger charge is -2.31. The van der Waals surface area contributed by atoms with Crippen LogP contribution in [0.15, 0.2) is 103 Å². The van der Waals surface area contributed by atoms with Gasteiger partial charge in [0, 0.05) is 87.8 Å². The van der Waals surface area contributed by atoms with Gasteiger partial charge in [0.05, 0.1) is 38.7 Å². The highest BCUT2D eigenvalue weighted by Gasteiger charge is 2.23. The maximum absolute atomic E-state index is 12.7.